The topological polar surface area (TPSA) is 74.6 Å². The molecule has 4 nitrogen and oxygen atoms in total. The van der Waals surface area contributed by atoms with Crippen LogP contribution >= 0.6 is 0 Å². The van der Waals surface area contributed by atoms with Gasteiger partial charge in [-0.1, -0.05) is 59.3 Å². The Morgan fingerprint density at radius 2 is 1.36 bits per heavy atom. The van der Waals surface area contributed by atoms with Gasteiger partial charge in [0, 0.05) is 12.5 Å². The van der Waals surface area contributed by atoms with Crippen LogP contribution in [0.25, 0.3) is 0 Å². The van der Waals surface area contributed by atoms with Gasteiger partial charge in [0.25, 0.3) is 0 Å². The lowest BCUT2D eigenvalue weighted by Gasteiger charge is -2.24. The number of aliphatic hydroxyl groups is 1. The van der Waals surface area contributed by atoms with Crippen molar-refractivity contribution >= 4 is 12.3 Å². The minimum Gasteiger partial charge on any atom is -0.481 e. The van der Waals surface area contributed by atoms with Gasteiger partial charge < -0.3 is 15.0 Å². The van der Waals surface area contributed by atoms with E-state index in [1.165, 1.54) is 44.9 Å². The van der Waals surface area contributed by atoms with Gasteiger partial charge >= 0.3 is 5.97 Å². The average Bonchev–Trinajstić information content (AvgIpc) is 2.69. The fraction of sp³-hybridized carbons (Fsp3) is 0.917. The van der Waals surface area contributed by atoms with E-state index in [1.807, 2.05) is 0 Å². The number of carboxylic acid groups (broad SMARTS) is 1. The maximum absolute atomic E-state index is 10.5. The number of aliphatic hydroxyl groups excluding tert-OH is 1. The van der Waals surface area contributed by atoms with E-state index in [0.717, 1.165) is 50.2 Å². The first-order valence-corrected chi connectivity index (χ1v) is 11.6. The van der Waals surface area contributed by atoms with E-state index in [2.05, 4.69) is 20.8 Å². The van der Waals surface area contributed by atoms with Gasteiger partial charge in [0.2, 0.25) is 0 Å². The Balaban J connectivity index is 0.000000210. The molecule has 0 heterocycles. The second-order valence-electron chi connectivity index (χ2n) is 9.80. The first-order chi connectivity index (χ1) is 13.3. The molecule has 3 aliphatic carbocycles. The van der Waals surface area contributed by atoms with Crippen LogP contribution in [0.2, 0.25) is 0 Å². The zero-order valence-corrected chi connectivity index (χ0v) is 18.4. The lowest BCUT2D eigenvalue weighted by molar-refractivity contribution is -0.143. The molecular weight excluding hydrogens is 352 g/mol. The van der Waals surface area contributed by atoms with E-state index in [0.29, 0.717) is 24.4 Å². The largest absolute Gasteiger partial charge is 0.481 e. The molecule has 0 aromatic heterocycles. The van der Waals surface area contributed by atoms with E-state index >= 15 is 0 Å². The molecule has 3 saturated carbocycles. The molecule has 28 heavy (non-hydrogen) atoms. The highest BCUT2D eigenvalue weighted by atomic mass is 16.4. The molecule has 0 radical (unpaired) electrons. The number of carbonyl (C=O) groups excluding carboxylic acids is 1. The monoisotopic (exact) mass is 396 g/mol. The van der Waals surface area contributed by atoms with Crippen molar-refractivity contribution in [2.75, 3.05) is 6.61 Å². The second-order valence-corrected chi connectivity index (χ2v) is 9.80. The SMILES string of the molecule is CC1CCCC(C(=O)O)C1.CC1CCCC(C=O)C1.CC1CCCC(CO)C1. The minimum atomic E-state index is -0.605. The van der Waals surface area contributed by atoms with Crippen molar-refractivity contribution in [2.24, 2.45) is 35.5 Å². The standard InChI is InChI=1S/C8H14O2.C8H16O.C8H14O/c1-6-3-2-4-7(5-6)8(9)10;2*1-7-3-2-4-8(5-7)6-9/h6-7H,2-5H2,1H3,(H,9,10);7-9H,2-6H2,1H3;6-8H,2-5H2,1H3. The average molecular weight is 397 g/mol. The fourth-order valence-corrected chi connectivity index (χ4v) is 4.99. The summed E-state index contributed by atoms with van der Waals surface area (Å²) in [5.74, 6) is 2.61. The summed E-state index contributed by atoms with van der Waals surface area (Å²) >= 11 is 0. The van der Waals surface area contributed by atoms with Gasteiger partial charge in [0.15, 0.2) is 0 Å². The van der Waals surface area contributed by atoms with Gasteiger partial charge in [-0.3, -0.25) is 4.79 Å². The Kier molecular flexibility index (Phi) is 12.7. The first-order valence-electron chi connectivity index (χ1n) is 11.6. The lowest BCUT2D eigenvalue weighted by Crippen LogP contribution is -2.20. The summed E-state index contributed by atoms with van der Waals surface area (Å²) in [6.07, 6.45) is 15.2. The molecule has 4 heteroatoms. The normalized spacial score (nSPS) is 35.4. The van der Waals surface area contributed by atoms with Crippen molar-refractivity contribution in [1.82, 2.24) is 0 Å². The number of hydrogen-bond acceptors (Lipinski definition) is 3. The third kappa shape index (κ3) is 10.6. The number of aldehydes is 1. The Labute approximate surface area is 172 Å². The summed E-state index contributed by atoms with van der Waals surface area (Å²) in [4.78, 5) is 20.8. The predicted octanol–water partition coefficient (Wildman–Crippen LogP) is 5.71. The summed E-state index contributed by atoms with van der Waals surface area (Å²) in [5.41, 5.74) is 0. The third-order valence-corrected chi connectivity index (χ3v) is 6.76. The molecule has 0 aromatic carbocycles. The molecule has 0 amide bonds. The van der Waals surface area contributed by atoms with E-state index in [1.54, 1.807) is 0 Å². The maximum Gasteiger partial charge on any atom is 0.306 e. The van der Waals surface area contributed by atoms with Crippen molar-refractivity contribution in [3.8, 4) is 0 Å². The van der Waals surface area contributed by atoms with Crippen LogP contribution in [0.5, 0.6) is 0 Å². The van der Waals surface area contributed by atoms with Crippen LogP contribution in [0.4, 0.5) is 0 Å². The molecular formula is C24H44O4. The summed E-state index contributed by atoms with van der Waals surface area (Å²) in [6, 6.07) is 0. The number of carbonyl (C=O) groups is 2. The summed E-state index contributed by atoms with van der Waals surface area (Å²) in [5, 5.41) is 17.5. The van der Waals surface area contributed by atoms with E-state index in [-0.39, 0.29) is 5.92 Å². The highest BCUT2D eigenvalue weighted by Crippen LogP contribution is 2.29. The molecule has 3 aliphatic rings. The van der Waals surface area contributed by atoms with E-state index in [4.69, 9.17) is 10.2 Å². The van der Waals surface area contributed by atoms with Crippen molar-refractivity contribution in [3.63, 3.8) is 0 Å². The van der Waals surface area contributed by atoms with Crippen molar-refractivity contribution < 1.29 is 19.8 Å². The molecule has 0 aromatic rings. The smallest absolute Gasteiger partial charge is 0.306 e. The lowest BCUT2D eigenvalue weighted by atomic mass is 9.83. The van der Waals surface area contributed by atoms with E-state index < -0.39 is 5.97 Å². The van der Waals surface area contributed by atoms with Crippen LogP contribution < -0.4 is 0 Å². The molecule has 0 aliphatic heterocycles. The Hall–Kier alpha value is -0.900. The van der Waals surface area contributed by atoms with Gasteiger partial charge in [-0.15, -0.1) is 0 Å². The Morgan fingerprint density at radius 1 is 0.821 bits per heavy atom. The Bertz CT molecular complexity index is 436. The van der Waals surface area contributed by atoms with Crippen LogP contribution in [0.15, 0.2) is 0 Å². The molecule has 164 valence electrons. The molecule has 0 spiro atoms. The molecule has 2 N–H and O–H groups in total. The van der Waals surface area contributed by atoms with Crippen molar-refractivity contribution in [1.29, 1.82) is 0 Å². The number of rotatable bonds is 3. The molecule has 3 rings (SSSR count). The molecule has 0 saturated heterocycles. The van der Waals surface area contributed by atoms with Gasteiger partial charge in [0.1, 0.15) is 6.29 Å². The van der Waals surface area contributed by atoms with Gasteiger partial charge in [0.05, 0.1) is 5.92 Å². The predicted molar refractivity (Wildman–Crippen MR) is 114 cm³/mol. The van der Waals surface area contributed by atoms with Crippen LogP contribution in [0.3, 0.4) is 0 Å². The van der Waals surface area contributed by atoms with Crippen LogP contribution in [-0.2, 0) is 9.59 Å². The molecule has 6 unspecified atom stereocenters. The summed E-state index contributed by atoms with van der Waals surface area (Å²) < 4.78 is 0. The number of hydrogen-bond donors (Lipinski definition) is 2. The number of carboxylic acids is 1. The van der Waals surface area contributed by atoms with Crippen LogP contribution in [0, 0.1) is 35.5 Å². The molecule has 3 fully saturated rings. The summed E-state index contributed by atoms with van der Waals surface area (Å²) in [6.45, 7) is 7.05. The zero-order chi connectivity index (χ0) is 20.9. The van der Waals surface area contributed by atoms with Gasteiger partial charge in [-0.25, -0.2) is 0 Å². The van der Waals surface area contributed by atoms with Crippen molar-refractivity contribution in [3.05, 3.63) is 0 Å². The highest BCUT2D eigenvalue weighted by molar-refractivity contribution is 5.70. The van der Waals surface area contributed by atoms with Gasteiger partial charge in [-0.05, 0) is 62.2 Å². The van der Waals surface area contributed by atoms with Crippen LogP contribution in [0.1, 0.15) is 97.8 Å². The van der Waals surface area contributed by atoms with Crippen LogP contribution in [-0.4, -0.2) is 29.1 Å². The maximum atomic E-state index is 10.5. The van der Waals surface area contributed by atoms with Gasteiger partial charge in [-0.2, -0.15) is 0 Å². The van der Waals surface area contributed by atoms with E-state index in [9.17, 15) is 9.59 Å². The minimum absolute atomic E-state index is 0.0521. The Morgan fingerprint density at radius 3 is 1.71 bits per heavy atom. The zero-order valence-electron chi connectivity index (χ0n) is 18.4. The first kappa shape index (κ1) is 25.1. The molecule has 6 atom stereocenters. The summed E-state index contributed by atoms with van der Waals surface area (Å²) in [7, 11) is 0. The molecule has 0 bridgehead atoms. The highest BCUT2D eigenvalue weighted by Gasteiger charge is 2.24. The third-order valence-electron chi connectivity index (χ3n) is 6.76. The quantitative estimate of drug-likeness (QED) is 0.599. The number of aliphatic carboxylic acids is 1. The second kappa shape index (κ2) is 14.1. The fourth-order valence-electron chi connectivity index (χ4n) is 4.99. The van der Waals surface area contributed by atoms with Crippen molar-refractivity contribution in [2.45, 2.75) is 97.8 Å².